The first-order valence-electron chi connectivity index (χ1n) is 11.5. The smallest absolute Gasteiger partial charge is 0.254 e. The molecular weight excluding hydrogens is 424 g/mol. The van der Waals surface area contributed by atoms with Crippen molar-refractivity contribution in [3.8, 4) is 11.5 Å². The zero-order chi connectivity index (χ0) is 23.0. The van der Waals surface area contributed by atoms with Gasteiger partial charge < -0.3 is 14.0 Å². The summed E-state index contributed by atoms with van der Waals surface area (Å²) in [5.41, 5.74) is 2.35. The van der Waals surface area contributed by atoms with E-state index >= 15 is 4.39 Å². The third-order valence-corrected chi connectivity index (χ3v) is 7.70. The summed E-state index contributed by atoms with van der Waals surface area (Å²) in [6.45, 7) is 5.45. The Bertz CT molecular complexity index is 1440. The fourth-order valence-electron chi connectivity index (χ4n) is 5.97. The fraction of sp³-hybridized carbons (Fsp3) is 0.400. The highest BCUT2D eigenvalue weighted by molar-refractivity contribution is 5.98. The number of fused-ring (bicyclic) bond motifs is 4. The fourth-order valence-corrected chi connectivity index (χ4v) is 5.97. The highest BCUT2D eigenvalue weighted by Crippen LogP contribution is 2.43. The van der Waals surface area contributed by atoms with Gasteiger partial charge in [-0.25, -0.2) is 14.4 Å². The van der Waals surface area contributed by atoms with Gasteiger partial charge in [0, 0.05) is 37.1 Å². The predicted octanol–water partition coefficient (Wildman–Crippen LogP) is 4.76. The van der Waals surface area contributed by atoms with E-state index in [1.54, 1.807) is 23.7 Å². The summed E-state index contributed by atoms with van der Waals surface area (Å²) in [5, 5.41) is 0.787. The zero-order valence-electron chi connectivity index (χ0n) is 18.8. The Morgan fingerprint density at radius 2 is 1.97 bits per heavy atom. The molecular formula is C25H25F2N5O. The summed E-state index contributed by atoms with van der Waals surface area (Å²) in [6, 6.07) is 8.16. The SMILES string of the molecule is CCn1c(-c2nc3cc(C(=O)N4CC5CCC4C5C)cc(F)c3n2C)cc2ccc(F)nc21. The summed E-state index contributed by atoms with van der Waals surface area (Å²) < 4.78 is 32.6. The topological polar surface area (TPSA) is 56.0 Å². The van der Waals surface area contributed by atoms with E-state index in [-0.39, 0.29) is 11.9 Å². The first-order valence-corrected chi connectivity index (χ1v) is 11.5. The number of carbonyl (C=O) groups excluding carboxylic acids is 1. The van der Waals surface area contributed by atoms with Gasteiger partial charge in [0.1, 0.15) is 17.0 Å². The molecule has 6 rings (SSSR count). The van der Waals surface area contributed by atoms with Gasteiger partial charge in [-0.3, -0.25) is 4.79 Å². The second-order valence-corrected chi connectivity index (χ2v) is 9.36. The summed E-state index contributed by atoms with van der Waals surface area (Å²) in [6.07, 6.45) is 2.18. The van der Waals surface area contributed by atoms with Gasteiger partial charge in [0.25, 0.3) is 5.91 Å². The number of carbonyl (C=O) groups is 1. The molecule has 1 aliphatic carbocycles. The number of nitrogens with zero attached hydrogens (tertiary/aromatic N) is 5. The normalized spacial score (nSPS) is 22.2. The van der Waals surface area contributed by atoms with Crippen LogP contribution >= 0.6 is 0 Å². The summed E-state index contributed by atoms with van der Waals surface area (Å²) in [7, 11) is 1.75. The molecule has 1 saturated carbocycles. The van der Waals surface area contributed by atoms with Crippen molar-refractivity contribution in [3.63, 3.8) is 0 Å². The van der Waals surface area contributed by atoms with Gasteiger partial charge >= 0.3 is 0 Å². The van der Waals surface area contributed by atoms with Crippen molar-refractivity contribution < 1.29 is 13.6 Å². The van der Waals surface area contributed by atoms with Crippen LogP contribution < -0.4 is 0 Å². The van der Waals surface area contributed by atoms with Crippen molar-refractivity contribution in [1.29, 1.82) is 0 Å². The van der Waals surface area contributed by atoms with E-state index in [1.807, 2.05) is 22.5 Å². The molecule has 2 aliphatic rings. The summed E-state index contributed by atoms with van der Waals surface area (Å²) >= 11 is 0. The number of benzene rings is 1. The molecule has 33 heavy (non-hydrogen) atoms. The molecule has 6 nitrogen and oxygen atoms in total. The molecule has 3 atom stereocenters. The molecule has 8 heteroatoms. The maximum absolute atomic E-state index is 15.3. The lowest BCUT2D eigenvalue weighted by atomic mass is 10.0. The molecule has 4 heterocycles. The molecule has 3 unspecified atom stereocenters. The van der Waals surface area contributed by atoms with E-state index in [0.29, 0.717) is 46.4 Å². The van der Waals surface area contributed by atoms with Crippen molar-refractivity contribution in [2.24, 2.45) is 18.9 Å². The zero-order valence-corrected chi connectivity index (χ0v) is 18.8. The number of hydrogen-bond donors (Lipinski definition) is 0. The van der Waals surface area contributed by atoms with Crippen molar-refractivity contribution >= 4 is 28.0 Å². The van der Waals surface area contributed by atoms with Gasteiger partial charge in [-0.1, -0.05) is 6.92 Å². The number of piperidine rings is 1. The Hall–Kier alpha value is -3.29. The second kappa shape index (κ2) is 7.10. The van der Waals surface area contributed by atoms with Crippen LogP contribution in [0.2, 0.25) is 0 Å². The largest absolute Gasteiger partial charge is 0.335 e. The minimum atomic E-state index is -0.550. The number of amides is 1. The lowest BCUT2D eigenvalue weighted by Crippen LogP contribution is -2.38. The highest BCUT2D eigenvalue weighted by Gasteiger charge is 2.46. The van der Waals surface area contributed by atoms with Gasteiger partial charge in [0.15, 0.2) is 5.82 Å². The van der Waals surface area contributed by atoms with Crippen LogP contribution in [0, 0.1) is 23.6 Å². The third kappa shape index (κ3) is 2.85. The quantitative estimate of drug-likeness (QED) is 0.424. The maximum atomic E-state index is 15.3. The first-order chi connectivity index (χ1) is 15.9. The van der Waals surface area contributed by atoms with Crippen molar-refractivity contribution in [2.75, 3.05) is 6.54 Å². The number of rotatable bonds is 3. The predicted molar refractivity (Wildman–Crippen MR) is 122 cm³/mol. The lowest BCUT2D eigenvalue weighted by Gasteiger charge is -2.27. The average molecular weight is 450 g/mol. The number of imidazole rings is 1. The van der Waals surface area contributed by atoms with E-state index in [0.717, 1.165) is 30.5 Å². The molecule has 0 radical (unpaired) electrons. The molecule has 1 saturated heterocycles. The van der Waals surface area contributed by atoms with Gasteiger partial charge in [-0.2, -0.15) is 4.39 Å². The number of aryl methyl sites for hydroxylation is 2. The number of halogens is 2. The van der Waals surface area contributed by atoms with Crippen LogP contribution in [0.1, 0.15) is 37.0 Å². The summed E-state index contributed by atoms with van der Waals surface area (Å²) in [5.74, 6) is 0.442. The van der Waals surface area contributed by atoms with Crippen molar-refractivity contribution in [3.05, 3.63) is 47.7 Å². The number of hydrogen-bond acceptors (Lipinski definition) is 3. The average Bonchev–Trinajstić information content (AvgIpc) is 3.52. The Morgan fingerprint density at radius 3 is 2.67 bits per heavy atom. The highest BCUT2D eigenvalue weighted by atomic mass is 19.1. The maximum Gasteiger partial charge on any atom is 0.254 e. The number of pyridine rings is 1. The van der Waals surface area contributed by atoms with Crippen LogP contribution in [0.4, 0.5) is 8.78 Å². The van der Waals surface area contributed by atoms with E-state index in [9.17, 15) is 9.18 Å². The van der Waals surface area contributed by atoms with Crippen LogP contribution in [0.5, 0.6) is 0 Å². The minimum Gasteiger partial charge on any atom is -0.335 e. The minimum absolute atomic E-state index is 0.121. The van der Waals surface area contributed by atoms with Crippen LogP contribution in [0.3, 0.4) is 0 Å². The van der Waals surface area contributed by atoms with Crippen LogP contribution in [0.15, 0.2) is 30.3 Å². The van der Waals surface area contributed by atoms with Crippen LogP contribution in [-0.2, 0) is 13.6 Å². The first kappa shape index (κ1) is 20.3. The van der Waals surface area contributed by atoms with E-state index in [2.05, 4.69) is 11.9 Å². The van der Waals surface area contributed by atoms with Crippen LogP contribution in [-0.4, -0.2) is 42.5 Å². The lowest BCUT2D eigenvalue weighted by molar-refractivity contribution is 0.0695. The Morgan fingerprint density at radius 1 is 1.15 bits per heavy atom. The third-order valence-electron chi connectivity index (χ3n) is 7.70. The second-order valence-electron chi connectivity index (χ2n) is 9.36. The van der Waals surface area contributed by atoms with Gasteiger partial charge in [0.05, 0.1) is 11.2 Å². The Kier molecular flexibility index (Phi) is 4.38. The Balaban J connectivity index is 1.46. The number of aromatic nitrogens is 4. The van der Waals surface area contributed by atoms with Crippen LogP contribution in [0.25, 0.3) is 33.6 Å². The molecule has 0 spiro atoms. The standard InChI is InChI=1S/C25H25F2N5O/c1-4-31-20(11-14-6-8-21(27)29-23(14)31)24-28-18-10-16(9-17(26)22(18)30(24)3)25(33)32-12-15-5-7-19(32)13(15)2/h6,8-11,13,15,19H,4-5,7,12H2,1-3H3. The molecule has 2 bridgehead atoms. The van der Waals surface area contributed by atoms with Gasteiger partial charge in [-0.05, 0) is 61.9 Å². The molecule has 3 aromatic heterocycles. The monoisotopic (exact) mass is 449 g/mol. The van der Waals surface area contributed by atoms with E-state index < -0.39 is 11.8 Å². The molecule has 170 valence electrons. The number of likely N-dealkylation sites (tertiary alicyclic amines) is 1. The summed E-state index contributed by atoms with van der Waals surface area (Å²) in [4.78, 5) is 23.9. The van der Waals surface area contributed by atoms with Gasteiger partial charge in [0.2, 0.25) is 5.95 Å². The molecule has 4 aromatic rings. The molecule has 0 N–H and O–H groups in total. The molecule has 1 amide bonds. The molecule has 2 fully saturated rings. The van der Waals surface area contributed by atoms with Gasteiger partial charge in [-0.15, -0.1) is 0 Å². The van der Waals surface area contributed by atoms with E-state index in [4.69, 9.17) is 4.98 Å². The van der Waals surface area contributed by atoms with Crippen molar-refractivity contribution in [2.45, 2.75) is 39.3 Å². The molecule has 1 aromatic carbocycles. The van der Waals surface area contributed by atoms with Crippen molar-refractivity contribution in [1.82, 2.24) is 24.0 Å². The molecule has 1 aliphatic heterocycles. The Labute approximate surface area is 189 Å². The van der Waals surface area contributed by atoms with E-state index in [1.165, 1.54) is 12.1 Å².